The largest absolute Gasteiger partial charge is 0.326 e. The monoisotopic (exact) mass is 276 g/mol. The van der Waals surface area contributed by atoms with Crippen molar-refractivity contribution in [2.45, 2.75) is 52.0 Å². The fourth-order valence-corrected chi connectivity index (χ4v) is 3.29. The minimum absolute atomic E-state index is 0.496. The molecule has 1 aromatic carbocycles. The maximum Gasteiger partial charge on any atom is 0.124 e. The summed E-state index contributed by atoms with van der Waals surface area (Å²) < 4.78 is 2.36. The average molecular weight is 277 g/mol. The van der Waals surface area contributed by atoms with E-state index in [1.165, 1.54) is 36.8 Å². The standard InChI is InChI=1S/C16H21ClN2/c1-3-6-16(7-8-16)11-19-14-9-12(2)4-5-13(14)18-15(19)10-17/h4-5,9H,3,6-8,10-11H2,1-2H3. The molecule has 0 saturated heterocycles. The van der Waals surface area contributed by atoms with Crippen LogP contribution in [0, 0.1) is 12.3 Å². The number of rotatable bonds is 5. The average Bonchev–Trinajstić information content (AvgIpc) is 3.07. The van der Waals surface area contributed by atoms with Gasteiger partial charge in [-0.1, -0.05) is 19.4 Å². The molecule has 0 bridgehead atoms. The summed E-state index contributed by atoms with van der Waals surface area (Å²) in [5.74, 6) is 1.51. The lowest BCUT2D eigenvalue weighted by Crippen LogP contribution is -2.13. The molecular weight excluding hydrogens is 256 g/mol. The first-order valence-corrected chi connectivity index (χ1v) is 7.73. The summed E-state index contributed by atoms with van der Waals surface area (Å²) >= 11 is 6.09. The smallest absolute Gasteiger partial charge is 0.124 e. The van der Waals surface area contributed by atoms with Gasteiger partial charge in [-0.3, -0.25) is 0 Å². The van der Waals surface area contributed by atoms with Crippen LogP contribution in [-0.2, 0) is 12.4 Å². The molecule has 1 aliphatic rings. The van der Waals surface area contributed by atoms with E-state index in [1.54, 1.807) is 0 Å². The molecule has 1 aliphatic carbocycles. The Morgan fingerprint density at radius 3 is 2.79 bits per heavy atom. The van der Waals surface area contributed by atoms with Crippen LogP contribution in [0.1, 0.15) is 44.0 Å². The molecule has 1 heterocycles. The molecule has 0 amide bonds. The number of hydrogen-bond acceptors (Lipinski definition) is 1. The van der Waals surface area contributed by atoms with Crippen molar-refractivity contribution in [1.82, 2.24) is 9.55 Å². The Bertz CT molecular complexity index is 596. The van der Waals surface area contributed by atoms with Gasteiger partial charge in [0.05, 0.1) is 16.9 Å². The van der Waals surface area contributed by atoms with E-state index in [9.17, 15) is 0 Å². The molecule has 2 nitrogen and oxygen atoms in total. The van der Waals surface area contributed by atoms with Crippen LogP contribution in [0.5, 0.6) is 0 Å². The van der Waals surface area contributed by atoms with Gasteiger partial charge in [0.15, 0.2) is 0 Å². The van der Waals surface area contributed by atoms with Gasteiger partial charge in [0.1, 0.15) is 5.82 Å². The van der Waals surface area contributed by atoms with Crippen molar-refractivity contribution in [3.8, 4) is 0 Å². The van der Waals surface area contributed by atoms with Crippen molar-refractivity contribution >= 4 is 22.6 Å². The van der Waals surface area contributed by atoms with Gasteiger partial charge < -0.3 is 4.57 Å². The number of hydrogen-bond donors (Lipinski definition) is 0. The van der Waals surface area contributed by atoms with Gasteiger partial charge in [-0.15, -0.1) is 11.6 Å². The van der Waals surface area contributed by atoms with Crippen LogP contribution in [0.15, 0.2) is 18.2 Å². The zero-order valence-corrected chi connectivity index (χ0v) is 12.5. The number of halogens is 1. The quantitative estimate of drug-likeness (QED) is 0.726. The Balaban J connectivity index is 2.03. The predicted molar refractivity (Wildman–Crippen MR) is 80.6 cm³/mol. The molecule has 0 N–H and O–H groups in total. The molecule has 102 valence electrons. The van der Waals surface area contributed by atoms with Gasteiger partial charge in [0.25, 0.3) is 0 Å². The van der Waals surface area contributed by atoms with Gasteiger partial charge >= 0.3 is 0 Å². The second-order valence-corrected chi connectivity index (χ2v) is 6.26. The molecule has 2 aromatic rings. The van der Waals surface area contributed by atoms with E-state index in [4.69, 9.17) is 11.6 Å². The molecule has 0 unspecified atom stereocenters. The topological polar surface area (TPSA) is 17.8 Å². The van der Waals surface area contributed by atoms with Crippen LogP contribution >= 0.6 is 11.6 Å². The number of aryl methyl sites for hydroxylation is 1. The molecule has 0 spiro atoms. The van der Waals surface area contributed by atoms with Crippen LogP contribution in [0.25, 0.3) is 11.0 Å². The summed E-state index contributed by atoms with van der Waals surface area (Å²) in [4.78, 5) is 4.68. The Morgan fingerprint density at radius 1 is 1.37 bits per heavy atom. The molecule has 0 radical (unpaired) electrons. The minimum Gasteiger partial charge on any atom is -0.326 e. The van der Waals surface area contributed by atoms with Crippen molar-refractivity contribution in [3.05, 3.63) is 29.6 Å². The van der Waals surface area contributed by atoms with Crippen molar-refractivity contribution in [2.75, 3.05) is 0 Å². The lowest BCUT2D eigenvalue weighted by molar-refractivity contribution is 0.389. The Morgan fingerprint density at radius 2 is 2.16 bits per heavy atom. The SMILES string of the molecule is CCCC1(Cn2c(CCl)nc3ccc(C)cc32)CC1. The number of aromatic nitrogens is 2. The fourth-order valence-electron chi connectivity index (χ4n) is 3.09. The third-order valence-electron chi connectivity index (χ3n) is 4.33. The number of nitrogens with zero attached hydrogens (tertiary/aromatic N) is 2. The van der Waals surface area contributed by atoms with Crippen molar-refractivity contribution in [1.29, 1.82) is 0 Å². The second-order valence-electron chi connectivity index (χ2n) is 5.99. The Labute approximate surface area is 119 Å². The maximum atomic E-state index is 6.09. The highest BCUT2D eigenvalue weighted by atomic mass is 35.5. The van der Waals surface area contributed by atoms with Gasteiger partial charge in [-0.2, -0.15) is 0 Å². The summed E-state index contributed by atoms with van der Waals surface area (Å²) in [5.41, 5.74) is 4.13. The van der Waals surface area contributed by atoms with Crippen LogP contribution in [0.3, 0.4) is 0 Å². The molecule has 1 saturated carbocycles. The van der Waals surface area contributed by atoms with Gasteiger partial charge in [-0.05, 0) is 49.3 Å². The predicted octanol–water partition coefficient (Wildman–Crippen LogP) is 4.66. The van der Waals surface area contributed by atoms with E-state index in [1.807, 2.05) is 0 Å². The van der Waals surface area contributed by atoms with Crippen LogP contribution in [0.2, 0.25) is 0 Å². The highest BCUT2D eigenvalue weighted by molar-refractivity contribution is 6.16. The molecule has 1 fully saturated rings. The summed E-state index contributed by atoms with van der Waals surface area (Å²) in [5, 5.41) is 0. The van der Waals surface area contributed by atoms with E-state index in [2.05, 4.69) is 41.6 Å². The van der Waals surface area contributed by atoms with Crippen LogP contribution in [0.4, 0.5) is 0 Å². The van der Waals surface area contributed by atoms with Crippen LogP contribution in [-0.4, -0.2) is 9.55 Å². The maximum absolute atomic E-state index is 6.09. The van der Waals surface area contributed by atoms with Crippen molar-refractivity contribution < 1.29 is 0 Å². The summed E-state index contributed by atoms with van der Waals surface area (Å²) in [6.45, 7) is 5.50. The van der Waals surface area contributed by atoms with E-state index < -0.39 is 0 Å². The number of alkyl halides is 1. The first-order chi connectivity index (χ1) is 9.17. The van der Waals surface area contributed by atoms with E-state index in [0.29, 0.717) is 11.3 Å². The Hall–Kier alpha value is -1.02. The molecule has 0 aliphatic heterocycles. The lowest BCUT2D eigenvalue weighted by Gasteiger charge is -2.17. The third kappa shape index (κ3) is 2.38. The number of benzene rings is 1. The minimum atomic E-state index is 0.496. The Kier molecular flexibility index (Phi) is 3.30. The molecule has 0 atom stereocenters. The van der Waals surface area contributed by atoms with Crippen molar-refractivity contribution in [3.63, 3.8) is 0 Å². The third-order valence-corrected chi connectivity index (χ3v) is 4.57. The zero-order chi connectivity index (χ0) is 13.5. The summed E-state index contributed by atoms with van der Waals surface area (Å²) in [6, 6.07) is 6.47. The van der Waals surface area contributed by atoms with Gasteiger partial charge in [0.2, 0.25) is 0 Å². The normalized spacial score (nSPS) is 17.0. The van der Waals surface area contributed by atoms with Crippen molar-refractivity contribution in [2.24, 2.45) is 5.41 Å². The first kappa shape index (κ1) is 13.0. The van der Waals surface area contributed by atoms with Crippen LogP contribution < -0.4 is 0 Å². The number of imidazole rings is 1. The first-order valence-electron chi connectivity index (χ1n) is 7.19. The van der Waals surface area contributed by atoms with Gasteiger partial charge in [0, 0.05) is 6.54 Å². The zero-order valence-electron chi connectivity index (χ0n) is 11.7. The van der Waals surface area contributed by atoms with Gasteiger partial charge in [-0.25, -0.2) is 4.98 Å². The molecule has 19 heavy (non-hydrogen) atoms. The summed E-state index contributed by atoms with van der Waals surface area (Å²) in [7, 11) is 0. The molecule has 3 rings (SSSR count). The molecule has 1 aromatic heterocycles. The second kappa shape index (κ2) is 4.82. The number of fused-ring (bicyclic) bond motifs is 1. The highest BCUT2D eigenvalue weighted by Crippen LogP contribution is 2.51. The lowest BCUT2D eigenvalue weighted by atomic mass is 10.0. The van der Waals surface area contributed by atoms with E-state index in [-0.39, 0.29) is 0 Å². The van der Waals surface area contributed by atoms with E-state index >= 15 is 0 Å². The van der Waals surface area contributed by atoms with E-state index in [0.717, 1.165) is 17.9 Å². The summed E-state index contributed by atoms with van der Waals surface area (Å²) in [6.07, 6.45) is 5.30. The molecular formula is C16H21ClN2. The highest BCUT2D eigenvalue weighted by Gasteiger charge is 2.42. The molecule has 3 heteroatoms. The fraction of sp³-hybridized carbons (Fsp3) is 0.562.